The quantitative estimate of drug-likeness (QED) is 0.208. The Balaban J connectivity index is 3.19. The van der Waals surface area contributed by atoms with E-state index < -0.39 is 29.1 Å². The third-order valence-corrected chi connectivity index (χ3v) is 2.13. The Morgan fingerprint density at radius 3 is 2.80 bits per heavy atom. The first-order valence-corrected chi connectivity index (χ1v) is 5.09. The van der Waals surface area contributed by atoms with Gasteiger partial charge in [0, 0.05) is 0 Å². The number of nitrogens with two attached hydrogens (primary N) is 1. The Bertz CT molecular complexity index is 636. The molecule has 0 saturated carbocycles. The molecule has 9 heteroatoms. The molecular formula is C11H10FN5O3. The number of nitrogens with zero attached hydrogens (tertiary/aromatic N) is 2. The molecule has 0 saturated heterocycles. The Morgan fingerprint density at radius 1 is 1.65 bits per heavy atom. The van der Waals surface area contributed by atoms with Crippen molar-refractivity contribution in [2.45, 2.75) is 0 Å². The Morgan fingerprint density at radius 2 is 2.30 bits per heavy atom. The van der Waals surface area contributed by atoms with Crippen LogP contribution in [0.2, 0.25) is 0 Å². The van der Waals surface area contributed by atoms with Crippen molar-refractivity contribution in [3.8, 4) is 11.8 Å². The van der Waals surface area contributed by atoms with Crippen LogP contribution >= 0.6 is 0 Å². The lowest BCUT2D eigenvalue weighted by molar-refractivity contribution is 0.0600. The van der Waals surface area contributed by atoms with E-state index in [-0.39, 0.29) is 11.3 Å². The van der Waals surface area contributed by atoms with Crippen LogP contribution in [0.5, 0.6) is 5.75 Å². The van der Waals surface area contributed by atoms with Gasteiger partial charge in [-0.1, -0.05) is 0 Å². The number of methoxy groups -OCH3 is 1. The van der Waals surface area contributed by atoms with Crippen LogP contribution in [0.25, 0.3) is 0 Å². The van der Waals surface area contributed by atoms with Crippen LogP contribution in [0.15, 0.2) is 17.2 Å². The highest BCUT2D eigenvalue weighted by molar-refractivity contribution is 6.45. The number of aromatic hydroxyl groups is 1. The lowest BCUT2D eigenvalue weighted by Crippen LogP contribution is -2.21. The Hall–Kier alpha value is -3.15. The van der Waals surface area contributed by atoms with Crippen molar-refractivity contribution < 1.29 is 19.0 Å². The number of hydrogen-bond donors (Lipinski definition) is 4. The summed E-state index contributed by atoms with van der Waals surface area (Å²) >= 11 is 0. The fourth-order valence-electron chi connectivity index (χ4n) is 1.18. The number of rotatable bonds is 4. The number of ether oxygens (including phenoxy) is 1. The molecule has 0 unspecified atom stereocenters. The minimum atomic E-state index is -1.08. The van der Waals surface area contributed by atoms with Gasteiger partial charge in [-0.15, -0.1) is 0 Å². The molecule has 0 spiro atoms. The number of phenols is 1. The largest absolute Gasteiger partial charge is 0.503 e. The van der Waals surface area contributed by atoms with E-state index in [1.165, 1.54) is 6.07 Å². The average Bonchev–Trinajstić information content (AvgIpc) is 2.42. The van der Waals surface area contributed by atoms with Gasteiger partial charge >= 0.3 is 5.97 Å². The Kier molecular flexibility index (Phi) is 4.58. The molecule has 8 nitrogen and oxygen atoms in total. The van der Waals surface area contributed by atoms with Gasteiger partial charge in [0.1, 0.15) is 11.8 Å². The second-order valence-electron chi connectivity index (χ2n) is 3.44. The zero-order valence-corrected chi connectivity index (χ0v) is 10.3. The summed E-state index contributed by atoms with van der Waals surface area (Å²) in [6.45, 7) is 0. The highest BCUT2D eigenvalue weighted by Gasteiger charge is 2.15. The molecular weight excluding hydrogens is 269 g/mol. The Labute approximate surface area is 112 Å². The van der Waals surface area contributed by atoms with Gasteiger partial charge in [-0.25, -0.2) is 9.18 Å². The maximum Gasteiger partial charge on any atom is 0.338 e. The van der Waals surface area contributed by atoms with Crippen molar-refractivity contribution in [1.29, 1.82) is 10.7 Å². The lowest BCUT2D eigenvalue weighted by atomic mass is 10.2. The van der Waals surface area contributed by atoms with Gasteiger partial charge in [0.05, 0.1) is 12.7 Å². The number of carbonyl (C=O) groups is 1. The van der Waals surface area contributed by atoms with E-state index in [1.807, 2.05) is 0 Å². The molecule has 0 heterocycles. The molecule has 1 aromatic rings. The topological polar surface area (TPSA) is 145 Å². The molecule has 0 amide bonds. The highest BCUT2D eigenvalue weighted by Crippen LogP contribution is 2.28. The van der Waals surface area contributed by atoms with E-state index in [0.717, 1.165) is 19.2 Å². The van der Waals surface area contributed by atoms with Gasteiger partial charge in [-0.2, -0.15) is 10.4 Å². The SMILES string of the molecule is COC(=O)c1cc(F)c(O)c(N/N=C(\C#N)C(=N)N)c1. The summed E-state index contributed by atoms with van der Waals surface area (Å²) in [5, 5.41) is 28.5. The van der Waals surface area contributed by atoms with Crippen molar-refractivity contribution in [2.24, 2.45) is 10.8 Å². The molecule has 0 atom stereocenters. The van der Waals surface area contributed by atoms with Crippen LogP contribution in [0, 0.1) is 22.6 Å². The van der Waals surface area contributed by atoms with Gasteiger partial charge in [-0.05, 0) is 12.1 Å². The third kappa shape index (κ3) is 3.20. The number of nitriles is 1. The summed E-state index contributed by atoms with van der Waals surface area (Å²) in [6.07, 6.45) is 0. The number of amidine groups is 1. The van der Waals surface area contributed by atoms with Crippen molar-refractivity contribution in [2.75, 3.05) is 12.5 Å². The van der Waals surface area contributed by atoms with E-state index in [9.17, 15) is 14.3 Å². The summed E-state index contributed by atoms with van der Waals surface area (Å²) < 4.78 is 17.8. The molecule has 20 heavy (non-hydrogen) atoms. The van der Waals surface area contributed by atoms with Crippen LogP contribution in [-0.2, 0) is 4.74 Å². The van der Waals surface area contributed by atoms with Crippen LogP contribution < -0.4 is 11.2 Å². The van der Waals surface area contributed by atoms with Crippen molar-refractivity contribution in [1.82, 2.24) is 0 Å². The molecule has 0 aliphatic carbocycles. The number of hydrazone groups is 1. The first kappa shape index (κ1) is 14.9. The van der Waals surface area contributed by atoms with Crippen LogP contribution in [0.4, 0.5) is 10.1 Å². The third-order valence-electron chi connectivity index (χ3n) is 2.13. The number of esters is 1. The molecule has 0 bridgehead atoms. The number of carbonyl (C=O) groups excluding carboxylic acids is 1. The van der Waals surface area contributed by atoms with Crippen LogP contribution in [-0.4, -0.2) is 29.7 Å². The van der Waals surface area contributed by atoms with Crippen molar-refractivity contribution >= 4 is 23.2 Å². The number of hydrogen-bond acceptors (Lipinski definition) is 7. The maximum atomic E-state index is 13.4. The van der Waals surface area contributed by atoms with E-state index in [1.54, 1.807) is 0 Å². The van der Waals surface area contributed by atoms with E-state index >= 15 is 0 Å². The zero-order valence-electron chi connectivity index (χ0n) is 10.3. The minimum Gasteiger partial charge on any atom is -0.503 e. The molecule has 5 N–H and O–H groups in total. The van der Waals surface area contributed by atoms with Gasteiger partial charge in [-0.3, -0.25) is 10.8 Å². The van der Waals surface area contributed by atoms with E-state index in [4.69, 9.17) is 16.4 Å². The normalized spacial score (nSPS) is 10.6. The zero-order chi connectivity index (χ0) is 15.3. The van der Waals surface area contributed by atoms with Gasteiger partial charge in [0.2, 0.25) is 5.71 Å². The summed E-state index contributed by atoms with van der Waals surface area (Å²) in [5.74, 6) is -3.30. The summed E-state index contributed by atoms with van der Waals surface area (Å²) in [5.41, 5.74) is 6.30. The first-order chi connectivity index (χ1) is 9.40. The monoisotopic (exact) mass is 279 g/mol. The lowest BCUT2D eigenvalue weighted by Gasteiger charge is -2.07. The van der Waals surface area contributed by atoms with Gasteiger partial charge in [0.15, 0.2) is 17.4 Å². The number of halogens is 1. The number of nitrogens with one attached hydrogen (secondary N) is 2. The van der Waals surface area contributed by atoms with Crippen LogP contribution in [0.1, 0.15) is 10.4 Å². The molecule has 0 aromatic heterocycles. The standard InChI is InChI=1S/C11H10FN5O3/c1-20-11(19)5-2-6(12)9(18)7(3-5)16-17-8(4-13)10(14)15/h2-3,16,18H,1H3,(H3,14,15)/b17-8+. The molecule has 0 radical (unpaired) electrons. The average molecular weight is 279 g/mol. The predicted molar refractivity (Wildman–Crippen MR) is 68.0 cm³/mol. The van der Waals surface area contributed by atoms with Crippen molar-refractivity contribution in [3.63, 3.8) is 0 Å². The molecule has 0 aliphatic rings. The minimum absolute atomic E-state index is 0.165. The van der Waals surface area contributed by atoms with Gasteiger partial charge < -0.3 is 15.6 Å². The van der Waals surface area contributed by atoms with Gasteiger partial charge in [0.25, 0.3) is 0 Å². The molecule has 0 fully saturated rings. The number of anilines is 1. The summed E-state index contributed by atoms with van der Waals surface area (Å²) in [6, 6.07) is 3.38. The summed E-state index contributed by atoms with van der Waals surface area (Å²) in [7, 11) is 1.11. The second kappa shape index (κ2) is 6.14. The summed E-state index contributed by atoms with van der Waals surface area (Å²) in [4.78, 5) is 11.3. The first-order valence-electron chi connectivity index (χ1n) is 5.09. The molecule has 104 valence electrons. The fraction of sp³-hybridized carbons (Fsp3) is 0.0909. The predicted octanol–water partition coefficient (Wildman–Crippen LogP) is 0.545. The van der Waals surface area contributed by atoms with E-state index in [2.05, 4.69) is 15.3 Å². The fourth-order valence-corrected chi connectivity index (χ4v) is 1.18. The van der Waals surface area contributed by atoms with E-state index in [0.29, 0.717) is 0 Å². The second-order valence-corrected chi connectivity index (χ2v) is 3.44. The molecule has 1 rings (SSSR count). The number of benzene rings is 1. The number of phenolic OH excluding ortho intramolecular Hbond substituents is 1. The highest BCUT2D eigenvalue weighted by atomic mass is 19.1. The smallest absolute Gasteiger partial charge is 0.338 e. The maximum absolute atomic E-state index is 13.4. The van der Waals surface area contributed by atoms with Crippen LogP contribution in [0.3, 0.4) is 0 Å². The molecule has 0 aliphatic heterocycles. The van der Waals surface area contributed by atoms with Crippen molar-refractivity contribution in [3.05, 3.63) is 23.5 Å². The molecule has 1 aromatic carbocycles.